The van der Waals surface area contributed by atoms with Gasteiger partial charge in [0, 0.05) is 0 Å². The molecule has 0 N–H and O–H groups in total. The maximum absolute atomic E-state index is 0. The van der Waals surface area contributed by atoms with Gasteiger partial charge >= 0.3 is 124 Å². The minimum absolute atomic E-state index is 0. The zero-order valence-corrected chi connectivity index (χ0v) is 18.0. The van der Waals surface area contributed by atoms with E-state index in [4.69, 9.17) is 0 Å². The van der Waals surface area contributed by atoms with E-state index in [1.54, 1.807) is 0 Å². The Hall–Kier alpha value is 3.77. The average molecular weight is 644 g/mol. The van der Waals surface area contributed by atoms with Crippen molar-refractivity contribution in [2.75, 3.05) is 0 Å². The van der Waals surface area contributed by atoms with Crippen LogP contribution in [0.4, 0.5) is 0 Å². The van der Waals surface area contributed by atoms with Crippen molar-refractivity contribution < 1.29 is 152 Å². The summed E-state index contributed by atoms with van der Waals surface area (Å²) in [6, 6.07) is 0. The van der Waals surface area contributed by atoms with Crippen molar-refractivity contribution in [3.05, 3.63) is 0 Å². The van der Waals surface area contributed by atoms with Crippen molar-refractivity contribution >= 4 is 0 Å². The van der Waals surface area contributed by atoms with Crippen molar-refractivity contribution in [1.82, 2.24) is 0 Å². The van der Waals surface area contributed by atoms with Crippen molar-refractivity contribution in [1.29, 1.82) is 0 Å². The molecule has 0 atom stereocenters. The zero-order chi connectivity index (χ0) is 0. The Morgan fingerprint density at radius 2 is 0.333 bits per heavy atom. The van der Waals surface area contributed by atoms with Crippen molar-refractivity contribution in [2.45, 2.75) is 0 Å². The maximum atomic E-state index is 0. The van der Waals surface area contributed by atoms with Crippen LogP contribution < -0.4 is 0 Å². The van der Waals surface area contributed by atoms with Gasteiger partial charge in [0.1, 0.15) is 0 Å². The van der Waals surface area contributed by atoms with E-state index in [0.717, 1.165) is 0 Å². The van der Waals surface area contributed by atoms with Crippen LogP contribution in [0.5, 0.6) is 0 Å². The van der Waals surface area contributed by atoms with E-state index in [2.05, 4.69) is 0 Å². The van der Waals surface area contributed by atoms with E-state index in [1.165, 1.54) is 0 Å². The molecule has 0 aromatic carbocycles. The third-order valence-electron chi connectivity index (χ3n) is 0. The van der Waals surface area contributed by atoms with Crippen LogP contribution in [-0.4, -0.2) is 0 Å². The summed E-state index contributed by atoms with van der Waals surface area (Å²) in [4.78, 5) is 0. The Morgan fingerprint density at radius 1 is 0.333 bits per heavy atom. The van der Waals surface area contributed by atoms with Crippen LogP contribution in [0.2, 0.25) is 0 Å². The molecule has 0 fully saturated rings. The molecule has 0 unspecified atom stereocenters. The van der Waals surface area contributed by atoms with E-state index in [0.29, 0.717) is 0 Å². The Labute approximate surface area is 148 Å². The van der Waals surface area contributed by atoms with Crippen LogP contribution in [0.3, 0.4) is 0 Å². The van der Waals surface area contributed by atoms with E-state index in [-0.39, 0.29) is 152 Å². The van der Waals surface area contributed by atoms with Crippen molar-refractivity contribution in [3.8, 4) is 0 Å². The fraction of sp³-hybridized carbons (Fsp3) is 0. The summed E-state index contributed by atoms with van der Waals surface area (Å²) in [5, 5.41) is 0. The molecule has 50 valence electrons. The summed E-state index contributed by atoms with van der Waals surface area (Å²) in [7, 11) is 0. The summed E-state index contributed by atoms with van der Waals surface area (Å²) >= 11 is 0. The Bertz CT molecular complexity index is 12.9. The molecule has 0 aromatic heterocycles. The second kappa shape index (κ2) is 96.0. The largest absolute Gasteiger partial charge is 3.00 e. The molecule has 0 bridgehead atoms. The van der Waals surface area contributed by atoms with Crippen LogP contribution in [0.15, 0.2) is 0 Å². The molecule has 5 nitrogen and oxygen atoms in total. The second-order valence-corrected chi connectivity index (χ2v) is 0. The molecule has 0 aliphatic heterocycles. The molecule has 2 radical (unpaired) electrons. The predicted octanol–water partition coefficient (Wildman–Crippen LogP) is -0.599. The normalized spacial score (nSPS) is 0. The number of rotatable bonds is 0. The molecule has 0 saturated carbocycles. The topological polar surface area (TPSA) is 142 Å². The van der Waals surface area contributed by atoms with Crippen LogP contribution in [0.1, 0.15) is 0 Å². The standard InChI is InChI=1S/2Fe.5O.2Ra/q2*+3;5*-2;2*+2. The van der Waals surface area contributed by atoms with Gasteiger partial charge in [-0.25, -0.2) is 0 Å². The molecule has 9 heteroatoms. The third kappa shape index (κ3) is 79.0. The minimum Gasteiger partial charge on any atom is -2.00 e. The van der Waals surface area contributed by atoms with Crippen LogP contribution in [0, 0.1) is 90.0 Å². The molecule has 0 aliphatic carbocycles. The first-order valence-electron chi connectivity index (χ1n) is 0. The molecule has 0 heterocycles. The Kier molecular flexibility index (Phi) is 1330. The van der Waals surface area contributed by atoms with Gasteiger partial charge < -0.3 is 27.4 Å². The van der Waals surface area contributed by atoms with Crippen LogP contribution >= 0.6 is 0 Å². The first kappa shape index (κ1) is 124. The van der Waals surface area contributed by atoms with Gasteiger partial charge in [-0.3, -0.25) is 0 Å². The van der Waals surface area contributed by atoms with E-state index in [1.807, 2.05) is 0 Å². The second-order valence-electron chi connectivity index (χ2n) is 0. The van der Waals surface area contributed by atoms with Gasteiger partial charge in [-0.1, -0.05) is 0 Å². The van der Waals surface area contributed by atoms with Gasteiger partial charge in [0.15, 0.2) is 0 Å². The first-order chi connectivity index (χ1) is 0. The summed E-state index contributed by atoms with van der Waals surface area (Å²) in [6.45, 7) is 0. The van der Waals surface area contributed by atoms with Crippen LogP contribution in [0.25, 0.3) is 0 Å². The fourth-order valence-electron chi connectivity index (χ4n) is 0. The fourth-order valence-corrected chi connectivity index (χ4v) is 0. The molecule has 0 rings (SSSR count). The Morgan fingerprint density at radius 3 is 0.333 bits per heavy atom. The van der Waals surface area contributed by atoms with Gasteiger partial charge in [0.05, 0.1) is 0 Å². The molecule has 0 aliphatic rings. The summed E-state index contributed by atoms with van der Waals surface area (Å²) in [6.07, 6.45) is 0. The minimum atomic E-state index is 0. The first-order valence-corrected chi connectivity index (χ1v) is 0. The summed E-state index contributed by atoms with van der Waals surface area (Å²) < 4.78 is 0. The number of hydrogen-bond donors (Lipinski definition) is 0. The zero-order valence-electron chi connectivity index (χ0n) is 4.16. The van der Waals surface area contributed by atoms with E-state index >= 15 is 0 Å². The molecule has 9 heavy (non-hydrogen) atoms. The Balaban J connectivity index is 0. The maximum Gasteiger partial charge on any atom is 3.00 e. The average Bonchev–Trinajstić information content (AvgIpc) is 0. The van der Waals surface area contributed by atoms with Crippen molar-refractivity contribution in [2.24, 2.45) is 0 Å². The molecule has 0 aromatic rings. The number of hydrogen-bond acceptors (Lipinski definition) is 0. The van der Waals surface area contributed by atoms with Crippen molar-refractivity contribution in [3.63, 3.8) is 0 Å². The van der Waals surface area contributed by atoms with Gasteiger partial charge in [0.25, 0.3) is 0 Å². The summed E-state index contributed by atoms with van der Waals surface area (Å²) in [5.74, 6) is 0. The predicted molar refractivity (Wildman–Crippen MR) is 3.43 cm³/mol. The van der Waals surface area contributed by atoms with E-state index in [9.17, 15) is 0 Å². The molecule has 0 spiro atoms. The monoisotopic (exact) mass is 644 g/mol. The molecule has 0 amide bonds. The van der Waals surface area contributed by atoms with E-state index < -0.39 is 0 Å². The van der Waals surface area contributed by atoms with Gasteiger partial charge in [-0.15, -0.1) is 0 Å². The van der Waals surface area contributed by atoms with Gasteiger partial charge in [0.2, 0.25) is 0 Å². The molecular formula is Fe2O5Ra2. The summed E-state index contributed by atoms with van der Waals surface area (Å²) in [5.41, 5.74) is 0. The molecule has 0 saturated heterocycles. The smallest absolute Gasteiger partial charge is 2.00 e. The van der Waals surface area contributed by atoms with Gasteiger partial charge in [-0.2, -0.15) is 0 Å². The molecular weight excluding hydrogens is 644 g/mol. The quantitative estimate of drug-likeness (QED) is 0.311. The SMILES string of the molecule is [Fe+3].[Fe+3].[O-2].[O-2].[O-2].[O-2].[O-2].[Ra+2].[Ra+2]. The third-order valence-corrected chi connectivity index (χ3v) is 0. The van der Waals surface area contributed by atoms with Crippen LogP contribution in [-0.2, 0) is 61.5 Å². The van der Waals surface area contributed by atoms with Gasteiger partial charge in [-0.05, 0) is 0 Å².